The minimum atomic E-state index is -0.655. The second-order valence-electron chi connectivity index (χ2n) is 9.41. The molecule has 10 nitrogen and oxygen atoms in total. The molecule has 0 aliphatic carbocycles. The molecule has 4 rings (SSSR count). The van der Waals surface area contributed by atoms with Crippen molar-refractivity contribution in [2.75, 3.05) is 6.54 Å². The number of carbonyl (C=O) groups is 3. The van der Waals surface area contributed by atoms with Crippen molar-refractivity contribution in [1.82, 2.24) is 20.3 Å². The molecule has 2 N–H and O–H groups in total. The van der Waals surface area contributed by atoms with Crippen molar-refractivity contribution in [3.05, 3.63) is 0 Å². The smallest absolute Gasteiger partial charge is 0.410 e. The van der Waals surface area contributed by atoms with Crippen molar-refractivity contribution >= 4 is 18.0 Å². The molecule has 10 heteroatoms. The summed E-state index contributed by atoms with van der Waals surface area (Å²) >= 11 is 0. The van der Waals surface area contributed by atoms with Crippen LogP contribution in [0, 0.1) is 0 Å². The molecule has 4 aliphatic rings. The fourth-order valence-corrected chi connectivity index (χ4v) is 4.97. The van der Waals surface area contributed by atoms with Crippen LogP contribution >= 0.6 is 0 Å². The van der Waals surface area contributed by atoms with Crippen LogP contribution in [0.5, 0.6) is 0 Å². The summed E-state index contributed by atoms with van der Waals surface area (Å²) in [5, 5.41) is 10.5. The monoisotopic (exact) mass is 410 g/mol. The van der Waals surface area contributed by atoms with Gasteiger partial charge in [-0.25, -0.2) is 20.1 Å². The van der Waals surface area contributed by atoms with Gasteiger partial charge in [0.25, 0.3) is 5.91 Å². The van der Waals surface area contributed by atoms with E-state index < -0.39 is 23.6 Å². The van der Waals surface area contributed by atoms with Crippen LogP contribution in [0.1, 0.15) is 59.3 Å². The number of hydrogen-bond acceptors (Lipinski definition) is 6. The van der Waals surface area contributed by atoms with Crippen LogP contribution in [0.25, 0.3) is 0 Å². The summed E-state index contributed by atoms with van der Waals surface area (Å²) in [6, 6.07) is -1.43. The molecule has 4 amide bonds. The third kappa shape index (κ3) is 3.75. The van der Waals surface area contributed by atoms with Crippen molar-refractivity contribution in [3.8, 4) is 0 Å². The molecule has 0 spiro atoms. The summed E-state index contributed by atoms with van der Waals surface area (Å²) < 4.78 is 5.55. The Morgan fingerprint density at radius 3 is 2.48 bits per heavy atom. The van der Waals surface area contributed by atoms with Gasteiger partial charge < -0.3 is 9.64 Å². The zero-order chi connectivity index (χ0) is 20.9. The van der Waals surface area contributed by atoms with Crippen molar-refractivity contribution in [2.24, 2.45) is 0 Å². The van der Waals surface area contributed by atoms with E-state index in [2.05, 4.69) is 5.48 Å². The predicted molar refractivity (Wildman–Crippen MR) is 99.7 cm³/mol. The van der Waals surface area contributed by atoms with Crippen LogP contribution in [-0.4, -0.2) is 80.5 Å². The number of rotatable bonds is 3. The van der Waals surface area contributed by atoms with E-state index in [0.717, 1.165) is 25.7 Å². The molecule has 0 aromatic heterocycles. The van der Waals surface area contributed by atoms with Gasteiger partial charge in [0.05, 0.1) is 12.1 Å². The first-order valence-electron chi connectivity index (χ1n) is 10.4. The Bertz CT molecular complexity index is 695. The summed E-state index contributed by atoms with van der Waals surface area (Å²) in [5.74, 6) is -0.393. The Kier molecular flexibility index (Phi) is 5.10. The predicted octanol–water partition coefficient (Wildman–Crippen LogP) is 1.62. The maximum Gasteiger partial charge on any atom is 0.410 e. The molecule has 162 valence electrons. The van der Waals surface area contributed by atoms with Gasteiger partial charge in [0.15, 0.2) is 0 Å². The molecule has 29 heavy (non-hydrogen) atoms. The molecule has 4 fully saturated rings. The van der Waals surface area contributed by atoms with Gasteiger partial charge in [-0.3, -0.25) is 19.7 Å². The normalized spacial score (nSPS) is 33.9. The molecule has 0 radical (unpaired) electrons. The number of ether oxygens (including phenoxy) is 1. The second-order valence-corrected chi connectivity index (χ2v) is 9.41. The van der Waals surface area contributed by atoms with E-state index in [4.69, 9.17) is 9.57 Å². The first-order valence-corrected chi connectivity index (χ1v) is 10.4. The first-order chi connectivity index (χ1) is 13.7. The Morgan fingerprint density at radius 1 is 1.07 bits per heavy atom. The van der Waals surface area contributed by atoms with E-state index in [1.807, 2.05) is 20.8 Å². The summed E-state index contributed by atoms with van der Waals surface area (Å²) in [5.41, 5.74) is 1.95. The number of amides is 4. The highest BCUT2D eigenvalue weighted by Gasteiger charge is 2.49. The van der Waals surface area contributed by atoms with Crippen LogP contribution in [0.2, 0.25) is 0 Å². The minimum absolute atomic E-state index is 0.138. The van der Waals surface area contributed by atoms with Crippen LogP contribution < -0.4 is 5.48 Å². The topological polar surface area (TPSA) is 112 Å². The largest absolute Gasteiger partial charge is 0.444 e. The quantitative estimate of drug-likeness (QED) is 0.540. The fourth-order valence-electron chi connectivity index (χ4n) is 4.97. The molecule has 0 aromatic carbocycles. The lowest BCUT2D eigenvalue weighted by Crippen LogP contribution is -2.55. The number of piperidine rings is 2. The summed E-state index contributed by atoms with van der Waals surface area (Å²) in [4.78, 5) is 46.3. The molecule has 4 aliphatic heterocycles. The number of urea groups is 1. The zero-order valence-corrected chi connectivity index (χ0v) is 17.2. The average Bonchev–Trinajstić information content (AvgIpc) is 3.08. The van der Waals surface area contributed by atoms with Gasteiger partial charge in [-0.15, -0.1) is 0 Å². The maximum absolute atomic E-state index is 12.7. The highest BCUT2D eigenvalue weighted by molar-refractivity contribution is 5.87. The Balaban J connectivity index is 1.35. The Labute approximate surface area is 170 Å². The SMILES string of the molecule is CC(C)(C)OC(=O)N1C2CCC(ONC(=O)[C@@H]3CC[C@@H]4CN3C(=O)N4O)C1CC2. The number of hydroxylamine groups is 3. The van der Waals surface area contributed by atoms with Crippen LogP contribution in [0.15, 0.2) is 0 Å². The lowest BCUT2D eigenvalue weighted by atomic mass is 10.00. The van der Waals surface area contributed by atoms with Gasteiger partial charge in [0.2, 0.25) is 0 Å². The molecule has 5 atom stereocenters. The van der Waals surface area contributed by atoms with E-state index >= 15 is 0 Å². The Hall–Kier alpha value is -2.07. The summed E-state index contributed by atoms with van der Waals surface area (Å²) in [6.45, 7) is 5.86. The molecule has 4 saturated heterocycles. The van der Waals surface area contributed by atoms with Gasteiger partial charge in [0.1, 0.15) is 17.7 Å². The van der Waals surface area contributed by atoms with Gasteiger partial charge in [-0.05, 0) is 59.3 Å². The molecule has 0 aromatic rings. The average molecular weight is 410 g/mol. The van der Waals surface area contributed by atoms with Crippen molar-refractivity contribution in [1.29, 1.82) is 0 Å². The number of fused-ring (bicyclic) bond motifs is 4. The summed E-state index contributed by atoms with van der Waals surface area (Å²) in [7, 11) is 0. The number of nitrogens with zero attached hydrogens (tertiary/aromatic N) is 3. The molecule has 4 bridgehead atoms. The third-order valence-electron chi connectivity index (χ3n) is 6.32. The maximum atomic E-state index is 12.7. The minimum Gasteiger partial charge on any atom is -0.444 e. The molecular formula is C19H30N4O6. The van der Waals surface area contributed by atoms with Gasteiger partial charge in [-0.2, -0.15) is 0 Å². The lowest BCUT2D eigenvalue weighted by molar-refractivity contribution is -0.149. The highest BCUT2D eigenvalue weighted by Crippen LogP contribution is 2.38. The van der Waals surface area contributed by atoms with Gasteiger partial charge in [0, 0.05) is 12.6 Å². The summed E-state index contributed by atoms with van der Waals surface area (Å²) in [6.07, 6.45) is 3.63. The number of carbonyl (C=O) groups excluding carboxylic acids is 3. The zero-order valence-electron chi connectivity index (χ0n) is 17.2. The number of hydrogen-bond donors (Lipinski definition) is 2. The van der Waals surface area contributed by atoms with E-state index in [-0.39, 0.29) is 30.3 Å². The van der Waals surface area contributed by atoms with Crippen molar-refractivity contribution < 1.29 is 29.2 Å². The van der Waals surface area contributed by atoms with Crippen LogP contribution in [0.3, 0.4) is 0 Å². The van der Waals surface area contributed by atoms with Gasteiger partial charge in [-0.1, -0.05) is 0 Å². The van der Waals surface area contributed by atoms with E-state index in [9.17, 15) is 19.6 Å². The van der Waals surface area contributed by atoms with Crippen LogP contribution in [0.4, 0.5) is 9.59 Å². The first kappa shape index (κ1) is 20.2. The van der Waals surface area contributed by atoms with Crippen molar-refractivity contribution in [3.63, 3.8) is 0 Å². The standard InChI is InChI=1S/C19H30N4O6/c1-19(2,3)28-18(26)22-11-4-7-13(22)15(9-6-11)29-20-16(24)14-8-5-12-10-21(14)17(25)23(12)27/h11-15,27H,4-10H2,1-3H3,(H,20,24)/t11?,12-,13?,14+,15?/m1/s1. The second kappa shape index (κ2) is 7.32. The Morgan fingerprint density at radius 2 is 1.76 bits per heavy atom. The van der Waals surface area contributed by atoms with Crippen LogP contribution in [-0.2, 0) is 14.4 Å². The van der Waals surface area contributed by atoms with E-state index in [0.29, 0.717) is 24.4 Å². The molecular weight excluding hydrogens is 380 g/mol. The van der Waals surface area contributed by atoms with E-state index in [1.54, 1.807) is 4.90 Å². The van der Waals surface area contributed by atoms with Crippen molar-refractivity contribution in [2.45, 2.75) is 95.2 Å². The molecule has 0 saturated carbocycles. The fraction of sp³-hybridized carbons (Fsp3) is 0.842. The highest BCUT2D eigenvalue weighted by atomic mass is 16.7. The van der Waals surface area contributed by atoms with E-state index in [1.165, 1.54) is 4.90 Å². The number of nitrogens with one attached hydrogen (secondary N) is 1. The lowest BCUT2D eigenvalue weighted by Gasteiger charge is -2.40. The molecule has 3 unspecified atom stereocenters. The molecule has 4 heterocycles. The third-order valence-corrected chi connectivity index (χ3v) is 6.32. The van der Waals surface area contributed by atoms with Gasteiger partial charge >= 0.3 is 12.1 Å².